The van der Waals surface area contributed by atoms with Gasteiger partial charge in [-0.3, -0.25) is 4.79 Å². The normalized spacial score (nSPS) is 16.5. The van der Waals surface area contributed by atoms with Gasteiger partial charge in [-0.15, -0.1) is 0 Å². The second-order valence-corrected chi connectivity index (χ2v) is 5.56. The number of halogens is 2. The summed E-state index contributed by atoms with van der Waals surface area (Å²) in [5.74, 6) is -2.68. The maximum Gasteiger partial charge on any atom is 0.351 e. The number of fused-ring (bicyclic) bond motifs is 1. The lowest BCUT2D eigenvalue weighted by Crippen LogP contribution is -2.41. The second kappa shape index (κ2) is 7.38. The highest BCUT2D eigenvalue weighted by Gasteiger charge is 2.31. The van der Waals surface area contributed by atoms with Crippen molar-refractivity contribution in [2.45, 2.75) is 19.1 Å². The van der Waals surface area contributed by atoms with Crippen molar-refractivity contribution in [2.24, 2.45) is 0 Å². The molecule has 26 heavy (non-hydrogen) atoms. The first-order valence-electron chi connectivity index (χ1n) is 7.79. The molecule has 0 aliphatic carbocycles. The standard InChI is InChI=1S/C18H15F2NO5/c1-10(17(22)21-11-6-7-12(19)13(20)8-11)25-18(23)16-9-24-14-4-2-3-5-15(14)26-16/h2-8,10,16H,9H2,1H3,(H,21,22)/t10-,16-/m0/s1. The summed E-state index contributed by atoms with van der Waals surface area (Å²) >= 11 is 0. The van der Waals surface area contributed by atoms with Gasteiger partial charge >= 0.3 is 5.97 Å². The summed E-state index contributed by atoms with van der Waals surface area (Å²) in [5.41, 5.74) is 0.0444. The summed E-state index contributed by atoms with van der Waals surface area (Å²) in [6.45, 7) is 1.30. The summed E-state index contributed by atoms with van der Waals surface area (Å²) < 4.78 is 42.0. The molecule has 1 aliphatic heterocycles. The monoisotopic (exact) mass is 363 g/mol. The largest absolute Gasteiger partial charge is 0.485 e. The Hall–Kier alpha value is -3.16. The third kappa shape index (κ3) is 3.90. The van der Waals surface area contributed by atoms with Crippen LogP contribution in [0, 0.1) is 11.6 Å². The van der Waals surface area contributed by atoms with Gasteiger partial charge in [-0.1, -0.05) is 12.1 Å². The summed E-state index contributed by atoms with van der Waals surface area (Å²) in [6.07, 6.45) is -2.18. The van der Waals surface area contributed by atoms with Gasteiger partial charge in [0.25, 0.3) is 5.91 Å². The maximum absolute atomic E-state index is 13.2. The van der Waals surface area contributed by atoms with E-state index < -0.39 is 35.7 Å². The molecule has 3 rings (SSSR count). The van der Waals surface area contributed by atoms with Crippen molar-refractivity contribution in [1.29, 1.82) is 0 Å². The van der Waals surface area contributed by atoms with Gasteiger partial charge in [-0.2, -0.15) is 0 Å². The molecule has 0 saturated carbocycles. The zero-order chi connectivity index (χ0) is 18.7. The molecule has 136 valence electrons. The average molecular weight is 363 g/mol. The van der Waals surface area contributed by atoms with Crippen LogP contribution in [-0.4, -0.2) is 30.7 Å². The van der Waals surface area contributed by atoms with Crippen LogP contribution in [0.3, 0.4) is 0 Å². The first kappa shape index (κ1) is 17.7. The molecule has 0 bridgehead atoms. The molecule has 2 atom stereocenters. The topological polar surface area (TPSA) is 73.9 Å². The third-order valence-electron chi connectivity index (χ3n) is 3.62. The molecule has 1 amide bonds. The van der Waals surface area contributed by atoms with E-state index in [9.17, 15) is 18.4 Å². The van der Waals surface area contributed by atoms with Gasteiger partial charge in [0, 0.05) is 11.8 Å². The van der Waals surface area contributed by atoms with E-state index in [1.807, 2.05) is 0 Å². The van der Waals surface area contributed by atoms with E-state index in [0.29, 0.717) is 11.5 Å². The van der Waals surface area contributed by atoms with E-state index in [4.69, 9.17) is 14.2 Å². The SMILES string of the molecule is C[C@H](OC(=O)[C@@H]1COc2ccccc2O1)C(=O)Nc1ccc(F)c(F)c1. The van der Waals surface area contributed by atoms with Crippen LogP contribution >= 0.6 is 0 Å². The molecule has 1 N–H and O–H groups in total. The highest BCUT2D eigenvalue weighted by Crippen LogP contribution is 2.31. The first-order chi connectivity index (χ1) is 12.4. The number of amides is 1. The molecule has 2 aromatic carbocycles. The molecule has 6 nitrogen and oxygen atoms in total. The van der Waals surface area contributed by atoms with Gasteiger partial charge in [-0.25, -0.2) is 13.6 Å². The number of nitrogens with one attached hydrogen (secondary N) is 1. The van der Waals surface area contributed by atoms with Gasteiger partial charge < -0.3 is 19.5 Å². The number of para-hydroxylation sites is 2. The van der Waals surface area contributed by atoms with Crippen molar-refractivity contribution in [3.8, 4) is 11.5 Å². The zero-order valence-corrected chi connectivity index (χ0v) is 13.7. The van der Waals surface area contributed by atoms with E-state index in [1.54, 1.807) is 24.3 Å². The molecule has 1 aliphatic rings. The average Bonchev–Trinajstić information content (AvgIpc) is 2.64. The van der Waals surface area contributed by atoms with Crippen LogP contribution in [0.25, 0.3) is 0 Å². The molecule has 0 radical (unpaired) electrons. The molecule has 0 saturated heterocycles. The zero-order valence-electron chi connectivity index (χ0n) is 13.7. The molecular weight excluding hydrogens is 348 g/mol. The number of hydrogen-bond donors (Lipinski definition) is 1. The van der Waals surface area contributed by atoms with E-state index >= 15 is 0 Å². The smallest absolute Gasteiger partial charge is 0.351 e. The van der Waals surface area contributed by atoms with Crippen LogP contribution in [0.15, 0.2) is 42.5 Å². The van der Waals surface area contributed by atoms with Crippen LogP contribution in [-0.2, 0) is 14.3 Å². The maximum atomic E-state index is 13.2. The van der Waals surface area contributed by atoms with Crippen molar-refractivity contribution >= 4 is 17.6 Å². The number of anilines is 1. The van der Waals surface area contributed by atoms with Gasteiger partial charge in [0.2, 0.25) is 6.10 Å². The Balaban J connectivity index is 1.57. The minimum absolute atomic E-state index is 0.0444. The van der Waals surface area contributed by atoms with E-state index in [1.165, 1.54) is 13.0 Å². The predicted octanol–water partition coefficient (Wildman–Crippen LogP) is 2.67. The molecule has 0 spiro atoms. The minimum Gasteiger partial charge on any atom is -0.485 e. The summed E-state index contributed by atoms with van der Waals surface area (Å²) in [4.78, 5) is 24.2. The van der Waals surface area contributed by atoms with E-state index in [2.05, 4.69) is 5.32 Å². The van der Waals surface area contributed by atoms with Crippen molar-refractivity contribution in [3.05, 3.63) is 54.1 Å². The first-order valence-corrected chi connectivity index (χ1v) is 7.79. The van der Waals surface area contributed by atoms with E-state index in [0.717, 1.165) is 12.1 Å². The molecule has 0 fully saturated rings. The van der Waals surface area contributed by atoms with Crippen LogP contribution in [0.5, 0.6) is 11.5 Å². The quantitative estimate of drug-likeness (QED) is 0.846. The lowest BCUT2D eigenvalue weighted by molar-refractivity contribution is -0.162. The fraction of sp³-hybridized carbons (Fsp3) is 0.222. The lowest BCUT2D eigenvalue weighted by atomic mass is 10.2. The van der Waals surface area contributed by atoms with Crippen molar-refractivity contribution in [3.63, 3.8) is 0 Å². The predicted molar refractivity (Wildman–Crippen MR) is 86.9 cm³/mol. The van der Waals surface area contributed by atoms with E-state index in [-0.39, 0.29) is 12.3 Å². The highest BCUT2D eigenvalue weighted by atomic mass is 19.2. The van der Waals surface area contributed by atoms with Crippen LogP contribution in [0.4, 0.5) is 14.5 Å². The molecular formula is C18H15F2NO5. The number of carbonyl (C=O) groups is 2. The molecule has 1 heterocycles. The van der Waals surface area contributed by atoms with Crippen LogP contribution in [0.1, 0.15) is 6.92 Å². The Morgan fingerprint density at radius 2 is 1.88 bits per heavy atom. The van der Waals surface area contributed by atoms with Gasteiger partial charge in [0.15, 0.2) is 29.2 Å². The number of carbonyl (C=O) groups excluding carboxylic acids is 2. The van der Waals surface area contributed by atoms with Crippen LogP contribution < -0.4 is 14.8 Å². The summed E-state index contributed by atoms with van der Waals surface area (Å²) in [5, 5.41) is 2.34. The Morgan fingerprint density at radius 1 is 1.15 bits per heavy atom. The Bertz CT molecular complexity index is 842. The van der Waals surface area contributed by atoms with Gasteiger partial charge in [-0.05, 0) is 31.2 Å². The van der Waals surface area contributed by atoms with Gasteiger partial charge in [0.05, 0.1) is 0 Å². The van der Waals surface area contributed by atoms with Gasteiger partial charge in [0.1, 0.15) is 6.61 Å². The summed E-state index contributed by atoms with van der Waals surface area (Å²) in [7, 11) is 0. The fourth-order valence-corrected chi connectivity index (χ4v) is 2.26. The highest BCUT2D eigenvalue weighted by molar-refractivity contribution is 5.95. The summed E-state index contributed by atoms with van der Waals surface area (Å²) in [6, 6.07) is 9.76. The number of benzene rings is 2. The lowest BCUT2D eigenvalue weighted by Gasteiger charge is -2.25. The Morgan fingerprint density at radius 3 is 2.62 bits per heavy atom. The Kier molecular flexibility index (Phi) is 5.01. The molecule has 0 unspecified atom stereocenters. The second-order valence-electron chi connectivity index (χ2n) is 5.56. The minimum atomic E-state index is -1.17. The number of ether oxygens (including phenoxy) is 3. The number of hydrogen-bond acceptors (Lipinski definition) is 5. The Labute approximate surface area is 147 Å². The fourth-order valence-electron chi connectivity index (χ4n) is 2.26. The van der Waals surface area contributed by atoms with Crippen LogP contribution in [0.2, 0.25) is 0 Å². The molecule has 8 heteroatoms. The third-order valence-corrected chi connectivity index (χ3v) is 3.62. The molecule has 0 aromatic heterocycles. The van der Waals surface area contributed by atoms with Crippen molar-refractivity contribution < 1.29 is 32.6 Å². The van der Waals surface area contributed by atoms with Crippen molar-refractivity contribution in [2.75, 3.05) is 11.9 Å². The van der Waals surface area contributed by atoms with Crippen molar-refractivity contribution in [1.82, 2.24) is 0 Å². The molecule has 2 aromatic rings. The number of rotatable bonds is 4. The number of esters is 1.